The molecule has 2 fully saturated rings. The fraction of sp³-hybridized carbons (Fsp3) is 0.414. The van der Waals surface area contributed by atoms with Crippen LogP contribution in [0.15, 0.2) is 60.7 Å². The number of nitrogens with zero attached hydrogens (tertiary/aromatic N) is 3. The van der Waals surface area contributed by atoms with Gasteiger partial charge in [-0.05, 0) is 73.6 Å². The van der Waals surface area contributed by atoms with Gasteiger partial charge in [-0.1, -0.05) is 61.7 Å². The highest BCUT2D eigenvalue weighted by atomic mass is 35.5. The fourth-order valence-corrected chi connectivity index (χ4v) is 5.72. The van der Waals surface area contributed by atoms with Gasteiger partial charge in [0.2, 0.25) is 11.8 Å². The summed E-state index contributed by atoms with van der Waals surface area (Å²) >= 11 is 12.0. The largest absolute Gasteiger partial charge is 0.439 e. The number of rotatable bonds is 7. The SMILES string of the molecule is CC1CCN(c2cc(Oc3ccccc3)nc(NC(=S)NCC3(c4cccc(Cl)c4)CCCC3)n2)CC1. The second-order valence-corrected chi connectivity index (χ2v) is 11.1. The molecule has 6 nitrogen and oxygen atoms in total. The maximum absolute atomic E-state index is 6.32. The first kappa shape index (κ1) is 25.7. The van der Waals surface area contributed by atoms with Gasteiger partial charge in [-0.3, -0.25) is 0 Å². The summed E-state index contributed by atoms with van der Waals surface area (Å²) in [5.74, 6) is 3.24. The van der Waals surface area contributed by atoms with Crippen LogP contribution >= 0.6 is 23.8 Å². The maximum Gasteiger partial charge on any atom is 0.234 e. The highest BCUT2D eigenvalue weighted by Crippen LogP contribution is 2.41. The molecule has 2 aromatic carbocycles. The van der Waals surface area contributed by atoms with Gasteiger partial charge in [0.05, 0.1) is 0 Å². The summed E-state index contributed by atoms with van der Waals surface area (Å²) in [6.07, 6.45) is 6.91. The van der Waals surface area contributed by atoms with Gasteiger partial charge in [-0.15, -0.1) is 0 Å². The quantitative estimate of drug-likeness (QED) is 0.317. The molecule has 194 valence electrons. The minimum absolute atomic E-state index is 0.0193. The molecule has 1 aromatic heterocycles. The number of anilines is 2. The molecule has 1 saturated heterocycles. The van der Waals surface area contributed by atoms with Crippen molar-refractivity contribution in [1.82, 2.24) is 15.3 Å². The number of para-hydroxylation sites is 1. The number of aromatic nitrogens is 2. The lowest BCUT2D eigenvalue weighted by atomic mass is 9.79. The molecule has 8 heteroatoms. The van der Waals surface area contributed by atoms with Crippen LogP contribution in [0, 0.1) is 5.92 Å². The average molecular weight is 536 g/mol. The van der Waals surface area contributed by atoms with E-state index in [1.165, 1.54) is 18.4 Å². The number of hydrogen-bond acceptors (Lipinski definition) is 5. The van der Waals surface area contributed by atoms with Gasteiger partial charge in [0.15, 0.2) is 5.11 Å². The third-order valence-corrected chi connectivity index (χ3v) is 8.05. The van der Waals surface area contributed by atoms with E-state index in [0.717, 1.165) is 67.8 Å². The van der Waals surface area contributed by atoms with Crippen LogP contribution in [0.2, 0.25) is 5.02 Å². The van der Waals surface area contributed by atoms with Crippen molar-refractivity contribution in [2.24, 2.45) is 5.92 Å². The zero-order chi connectivity index (χ0) is 25.7. The topological polar surface area (TPSA) is 62.3 Å². The molecule has 1 aliphatic carbocycles. The number of ether oxygens (including phenoxy) is 1. The Hall–Kier alpha value is -2.90. The van der Waals surface area contributed by atoms with Crippen LogP contribution in [-0.4, -0.2) is 34.7 Å². The fourth-order valence-electron chi connectivity index (χ4n) is 5.36. The number of halogens is 1. The lowest BCUT2D eigenvalue weighted by Gasteiger charge is -2.31. The molecule has 2 aliphatic rings. The molecule has 37 heavy (non-hydrogen) atoms. The van der Waals surface area contributed by atoms with E-state index in [1.54, 1.807) is 0 Å². The van der Waals surface area contributed by atoms with Gasteiger partial charge in [0.1, 0.15) is 11.6 Å². The van der Waals surface area contributed by atoms with Crippen LogP contribution in [-0.2, 0) is 5.41 Å². The molecule has 0 spiro atoms. The molecule has 0 amide bonds. The van der Waals surface area contributed by atoms with Gasteiger partial charge in [-0.2, -0.15) is 9.97 Å². The summed E-state index contributed by atoms with van der Waals surface area (Å²) in [7, 11) is 0. The molecule has 5 rings (SSSR count). The molecule has 0 radical (unpaired) electrons. The van der Waals surface area contributed by atoms with E-state index >= 15 is 0 Å². The van der Waals surface area contributed by atoms with Crippen molar-refractivity contribution in [2.75, 3.05) is 29.9 Å². The van der Waals surface area contributed by atoms with Gasteiger partial charge < -0.3 is 20.3 Å². The van der Waals surface area contributed by atoms with E-state index in [1.807, 2.05) is 48.5 Å². The third kappa shape index (κ3) is 6.51. The second-order valence-electron chi connectivity index (χ2n) is 10.3. The number of nitrogens with one attached hydrogen (secondary N) is 2. The summed E-state index contributed by atoms with van der Waals surface area (Å²) in [5.41, 5.74) is 1.29. The smallest absolute Gasteiger partial charge is 0.234 e. The van der Waals surface area contributed by atoms with E-state index in [2.05, 4.69) is 39.6 Å². The minimum atomic E-state index is 0.0193. The van der Waals surface area contributed by atoms with Crippen LogP contribution in [0.3, 0.4) is 0 Å². The molecule has 1 aliphatic heterocycles. The Balaban J connectivity index is 1.32. The van der Waals surface area contributed by atoms with Crippen molar-refractivity contribution in [1.29, 1.82) is 0 Å². The lowest BCUT2D eigenvalue weighted by Crippen LogP contribution is -2.41. The minimum Gasteiger partial charge on any atom is -0.439 e. The highest BCUT2D eigenvalue weighted by Gasteiger charge is 2.35. The first-order valence-electron chi connectivity index (χ1n) is 13.2. The van der Waals surface area contributed by atoms with Crippen LogP contribution in [0.1, 0.15) is 51.0 Å². The molecule has 2 heterocycles. The van der Waals surface area contributed by atoms with Crippen LogP contribution in [0.5, 0.6) is 11.6 Å². The van der Waals surface area contributed by atoms with Crippen molar-refractivity contribution < 1.29 is 4.74 Å². The molecule has 0 unspecified atom stereocenters. The van der Waals surface area contributed by atoms with Crippen molar-refractivity contribution in [3.8, 4) is 11.6 Å². The van der Waals surface area contributed by atoms with Crippen molar-refractivity contribution >= 4 is 40.7 Å². The number of benzene rings is 2. The first-order chi connectivity index (χ1) is 18.0. The predicted octanol–water partition coefficient (Wildman–Crippen LogP) is 6.96. The number of piperidine rings is 1. The number of thiocarbonyl (C=S) groups is 1. The van der Waals surface area contributed by atoms with Crippen molar-refractivity contribution in [3.63, 3.8) is 0 Å². The Bertz CT molecular complexity index is 1210. The normalized spacial score (nSPS) is 17.4. The van der Waals surface area contributed by atoms with Gasteiger partial charge >= 0.3 is 0 Å². The van der Waals surface area contributed by atoms with Crippen LogP contribution in [0.4, 0.5) is 11.8 Å². The molecular weight excluding hydrogens is 502 g/mol. The summed E-state index contributed by atoms with van der Waals surface area (Å²) in [4.78, 5) is 11.7. The van der Waals surface area contributed by atoms with Gasteiger partial charge in [0, 0.05) is 36.1 Å². The standard InChI is InChI=1S/C29H34ClN5OS/c1-21-12-16-35(17-13-21)25-19-26(36-24-10-3-2-4-11-24)33-27(32-25)34-28(37)31-20-29(14-5-6-15-29)22-8-7-9-23(30)18-22/h2-4,7-11,18-19,21H,5-6,12-17,20H2,1H3,(H2,31,32,33,34,37). The van der Waals surface area contributed by atoms with Gasteiger partial charge in [0.25, 0.3) is 0 Å². The highest BCUT2D eigenvalue weighted by molar-refractivity contribution is 7.80. The Morgan fingerprint density at radius 1 is 1.05 bits per heavy atom. The van der Waals surface area contributed by atoms with Crippen LogP contribution in [0.25, 0.3) is 0 Å². The molecule has 1 saturated carbocycles. The first-order valence-corrected chi connectivity index (χ1v) is 14.0. The Labute approximate surface area is 229 Å². The predicted molar refractivity (Wildman–Crippen MR) is 155 cm³/mol. The van der Waals surface area contributed by atoms with Crippen LogP contribution < -0.4 is 20.3 Å². The monoisotopic (exact) mass is 535 g/mol. The zero-order valence-corrected chi connectivity index (χ0v) is 22.8. The second kappa shape index (κ2) is 11.7. The average Bonchev–Trinajstić information content (AvgIpc) is 3.39. The maximum atomic E-state index is 6.32. The molecule has 0 atom stereocenters. The molecule has 2 N–H and O–H groups in total. The third-order valence-electron chi connectivity index (χ3n) is 7.57. The molecule has 0 bridgehead atoms. The Morgan fingerprint density at radius 2 is 1.81 bits per heavy atom. The van der Waals surface area contributed by atoms with E-state index in [9.17, 15) is 0 Å². The summed E-state index contributed by atoms with van der Waals surface area (Å²) < 4.78 is 6.09. The molecule has 3 aromatic rings. The van der Waals surface area contributed by atoms with E-state index in [0.29, 0.717) is 16.9 Å². The summed E-state index contributed by atoms with van der Waals surface area (Å²) in [6.45, 7) is 4.97. The zero-order valence-electron chi connectivity index (χ0n) is 21.3. The Morgan fingerprint density at radius 3 is 2.54 bits per heavy atom. The van der Waals surface area contributed by atoms with Gasteiger partial charge in [-0.25, -0.2) is 0 Å². The van der Waals surface area contributed by atoms with Crippen molar-refractivity contribution in [2.45, 2.75) is 50.9 Å². The summed E-state index contributed by atoms with van der Waals surface area (Å²) in [5, 5.41) is 7.95. The molecular formula is C29H34ClN5OS. The Kier molecular flexibility index (Phi) is 8.11. The van der Waals surface area contributed by atoms with E-state index < -0.39 is 0 Å². The summed E-state index contributed by atoms with van der Waals surface area (Å²) in [6, 6.07) is 19.8. The lowest BCUT2D eigenvalue weighted by molar-refractivity contribution is 0.433. The number of hydrogen-bond donors (Lipinski definition) is 2. The van der Waals surface area contributed by atoms with Crippen molar-refractivity contribution in [3.05, 3.63) is 71.2 Å². The van der Waals surface area contributed by atoms with E-state index in [4.69, 9.17) is 33.5 Å². The van der Waals surface area contributed by atoms with E-state index in [-0.39, 0.29) is 5.41 Å².